The number of rotatable bonds is 5. The normalized spacial score (nSPS) is 12.6. The van der Waals surface area contributed by atoms with E-state index in [2.05, 4.69) is 81.4 Å². The molecule has 0 amide bonds. The van der Waals surface area contributed by atoms with Gasteiger partial charge in [0.2, 0.25) is 0 Å². The van der Waals surface area contributed by atoms with Crippen molar-refractivity contribution in [2.75, 3.05) is 6.54 Å². The predicted molar refractivity (Wildman–Crippen MR) is 91.1 cm³/mol. The quantitative estimate of drug-likeness (QED) is 0.692. The van der Waals surface area contributed by atoms with Crippen molar-refractivity contribution < 1.29 is 0 Å². The van der Waals surface area contributed by atoms with Crippen LogP contribution in [0.25, 0.3) is 0 Å². The van der Waals surface area contributed by atoms with Crippen LogP contribution in [0, 0.1) is 0 Å². The Morgan fingerprint density at radius 1 is 1.16 bits per heavy atom. The second kappa shape index (κ2) is 7.02. The summed E-state index contributed by atoms with van der Waals surface area (Å²) < 4.78 is 2.35. The number of hydrogen-bond acceptors (Lipinski definition) is 2. The van der Waals surface area contributed by atoms with E-state index in [9.17, 15) is 0 Å². The third-order valence-corrected chi connectivity index (χ3v) is 5.54. The zero-order valence-corrected chi connectivity index (χ0v) is 15.0. The lowest BCUT2D eigenvalue weighted by atomic mass is 9.95. The van der Waals surface area contributed by atoms with Gasteiger partial charge in [-0.05, 0) is 67.6 Å². The van der Waals surface area contributed by atoms with Crippen LogP contribution in [0.15, 0.2) is 37.9 Å². The monoisotopic (exact) mass is 401 g/mol. The molecule has 1 aromatic heterocycles. The Morgan fingerprint density at radius 2 is 1.89 bits per heavy atom. The Labute approximate surface area is 135 Å². The van der Waals surface area contributed by atoms with E-state index in [1.165, 1.54) is 20.5 Å². The van der Waals surface area contributed by atoms with Gasteiger partial charge in [-0.25, -0.2) is 0 Å². The molecule has 1 N–H and O–H groups in total. The van der Waals surface area contributed by atoms with Gasteiger partial charge in [0.15, 0.2) is 0 Å². The highest BCUT2D eigenvalue weighted by molar-refractivity contribution is 9.12. The molecule has 0 radical (unpaired) electrons. The molecule has 1 nitrogen and oxygen atoms in total. The van der Waals surface area contributed by atoms with E-state index in [0.717, 1.165) is 16.8 Å². The summed E-state index contributed by atoms with van der Waals surface area (Å²) in [4.78, 5) is 0. The molecule has 1 atom stereocenters. The van der Waals surface area contributed by atoms with Crippen molar-refractivity contribution >= 4 is 43.2 Å². The first-order chi connectivity index (χ1) is 9.17. The molecular formula is C15H17Br2NS. The average Bonchev–Trinajstić information content (AvgIpc) is 2.75. The molecule has 0 saturated heterocycles. The number of benzene rings is 1. The SMILES string of the molecule is CCNC(c1ccccc1CC)c1cc(Br)sc1Br. The molecule has 0 aliphatic carbocycles. The highest BCUT2D eigenvalue weighted by Crippen LogP contribution is 2.38. The summed E-state index contributed by atoms with van der Waals surface area (Å²) in [5.41, 5.74) is 4.08. The van der Waals surface area contributed by atoms with E-state index in [-0.39, 0.29) is 6.04 Å². The predicted octanol–water partition coefficient (Wildman–Crippen LogP) is 5.53. The molecule has 0 aliphatic rings. The van der Waals surface area contributed by atoms with Crippen molar-refractivity contribution in [3.63, 3.8) is 0 Å². The molecule has 0 aliphatic heterocycles. The molecule has 19 heavy (non-hydrogen) atoms. The van der Waals surface area contributed by atoms with Gasteiger partial charge in [-0.2, -0.15) is 0 Å². The van der Waals surface area contributed by atoms with Crippen LogP contribution in [-0.4, -0.2) is 6.54 Å². The maximum absolute atomic E-state index is 3.68. The summed E-state index contributed by atoms with van der Waals surface area (Å²) >= 11 is 8.98. The van der Waals surface area contributed by atoms with Gasteiger partial charge in [0, 0.05) is 0 Å². The number of halogens is 2. The molecular weight excluding hydrogens is 386 g/mol. The average molecular weight is 403 g/mol. The zero-order valence-electron chi connectivity index (χ0n) is 11.0. The first kappa shape index (κ1) is 15.2. The minimum Gasteiger partial charge on any atom is -0.306 e. The van der Waals surface area contributed by atoms with Gasteiger partial charge in [0.25, 0.3) is 0 Å². The highest BCUT2D eigenvalue weighted by Gasteiger charge is 2.20. The number of aryl methyl sites for hydroxylation is 1. The summed E-state index contributed by atoms with van der Waals surface area (Å²) in [6.07, 6.45) is 1.06. The van der Waals surface area contributed by atoms with E-state index >= 15 is 0 Å². The van der Waals surface area contributed by atoms with Crippen molar-refractivity contribution in [2.24, 2.45) is 0 Å². The van der Waals surface area contributed by atoms with E-state index in [4.69, 9.17) is 0 Å². The van der Waals surface area contributed by atoms with Crippen LogP contribution >= 0.6 is 43.2 Å². The van der Waals surface area contributed by atoms with Crippen LogP contribution < -0.4 is 5.32 Å². The van der Waals surface area contributed by atoms with Crippen molar-refractivity contribution in [1.29, 1.82) is 0 Å². The maximum atomic E-state index is 3.68. The molecule has 0 bridgehead atoms. The van der Waals surface area contributed by atoms with Crippen molar-refractivity contribution in [1.82, 2.24) is 5.32 Å². The molecule has 1 unspecified atom stereocenters. The lowest BCUT2D eigenvalue weighted by Crippen LogP contribution is -2.23. The molecule has 0 fully saturated rings. The topological polar surface area (TPSA) is 12.0 Å². The van der Waals surface area contributed by atoms with E-state index in [1.807, 2.05) is 0 Å². The Balaban J connectivity index is 2.48. The fraction of sp³-hybridized carbons (Fsp3) is 0.333. The van der Waals surface area contributed by atoms with E-state index in [1.54, 1.807) is 11.3 Å². The summed E-state index contributed by atoms with van der Waals surface area (Å²) in [7, 11) is 0. The molecule has 2 rings (SSSR count). The third-order valence-electron chi connectivity index (χ3n) is 3.15. The smallest absolute Gasteiger partial charge is 0.0761 e. The van der Waals surface area contributed by atoms with Crippen LogP contribution in [-0.2, 0) is 6.42 Å². The molecule has 1 heterocycles. The number of hydrogen-bond donors (Lipinski definition) is 1. The summed E-state index contributed by atoms with van der Waals surface area (Å²) in [5.74, 6) is 0. The minimum atomic E-state index is 0.248. The Kier molecular flexibility index (Phi) is 5.63. The van der Waals surface area contributed by atoms with E-state index in [0.29, 0.717) is 0 Å². The van der Waals surface area contributed by atoms with Crippen LogP contribution in [0.5, 0.6) is 0 Å². The van der Waals surface area contributed by atoms with Crippen molar-refractivity contribution in [2.45, 2.75) is 26.3 Å². The van der Waals surface area contributed by atoms with Gasteiger partial charge in [-0.1, -0.05) is 38.1 Å². The van der Waals surface area contributed by atoms with Gasteiger partial charge >= 0.3 is 0 Å². The fourth-order valence-corrected chi connectivity index (χ4v) is 5.18. The van der Waals surface area contributed by atoms with Crippen LogP contribution in [0.2, 0.25) is 0 Å². The van der Waals surface area contributed by atoms with Gasteiger partial charge in [-0.15, -0.1) is 11.3 Å². The van der Waals surface area contributed by atoms with Gasteiger partial charge in [0.1, 0.15) is 0 Å². The van der Waals surface area contributed by atoms with Crippen LogP contribution in [0.1, 0.15) is 36.6 Å². The molecule has 2 aromatic rings. The number of thiophene rings is 1. The first-order valence-corrected chi connectivity index (χ1v) is 8.83. The Hall–Kier alpha value is -0.160. The van der Waals surface area contributed by atoms with Gasteiger partial charge in [0.05, 0.1) is 13.6 Å². The lowest BCUT2D eigenvalue weighted by molar-refractivity contribution is 0.625. The zero-order chi connectivity index (χ0) is 13.8. The Bertz CT molecular complexity index is 551. The van der Waals surface area contributed by atoms with Crippen LogP contribution in [0.4, 0.5) is 0 Å². The van der Waals surface area contributed by atoms with Gasteiger partial charge < -0.3 is 5.32 Å². The summed E-state index contributed by atoms with van der Waals surface area (Å²) in [5, 5.41) is 3.60. The van der Waals surface area contributed by atoms with Crippen molar-refractivity contribution in [3.8, 4) is 0 Å². The molecule has 0 spiro atoms. The fourth-order valence-electron chi connectivity index (χ4n) is 2.28. The summed E-state index contributed by atoms with van der Waals surface area (Å²) in [6, 6.07) is 11.1. The second-order valence-electron chi connectivity index (χ2n) is 4.32. The minimum absolute atomic E-state index is 0.248. The largest absolute Gasteiger partial charge is 0.306 e. The molecule has 4 heteroatoms. The Morgan fingerprint density at radius 3 is 2.47 bits per heavy atom. The standard InChI is InChI=1S/C15H17Br2NS/c1-3-10-7-5-6-8-11(10)14(18-4-2)12-9-13(16)19-15(12)17/h5-9,14,18H,3-4H2,1-2H3. The van der Waals surface area contributed by atoms with Crippen LogP contribution in [0.3, 0.4) is 0 Å². The highest BCUT2D eigenvalue weighted by atomic mass is 79.9. The van der Waals surface area contributed by atoms with Crippen molar-refractivity contribution in [3.05, 3.63) is 54.6 Å². The first-order valence-electron chi connectivity index (χ1n) is 6.43. The van der Waals surface area contributed by atoms with Gasteiger partial charge in [-0.3, -0.25) is 0 Å². The lowest BCUT2D eigenvalue weighted by Gasteiger charge is -2.21. The molecule has 0 saturated carbocycles. The van der Waals surface area contributed by atoms with E-state index < -0.39 is 0 Å². The maximum Gasteiger partial charge on any atom is 0.0761 e. The molecule has 102 valence electrons. The third kappa shape index (κ3) is 3.48. The second-order valence-corrected chi connectivity index (χ2v) is 8.07. The number of nitrogens with one attached hydrogen (secondary N) is 1. The molecule has 1 aromatic carbocycles. The summed E-state index contributed by atoms with van der Waals surface area (Å²) in [6.45, 7) is 5.31.